The minimum Gasteiger partial charge on any atom is -0.475 e. The summed E-state index contributed by atoms with van der Waals surface area (Å²) in [6.07, 6.45) is 4.77. The van der Waals surface area contributed by atoms with Crippen LogP contribution in [0.15, 0.2) is 36.7 Å². The Morgan fingerprint density at radius 3 is 2.83 bits per heavy atom. The van der Waals surface area contributed by atoms with Crippen LogP contribution < -0.4 is 15.8 Å². The van der Waals surface area contributed by atoms with E-state index < -0.39 is 11.0 Å². The molecule has 1 amide bonds. The second kappa shape index (κ2) is 9.88. The molecule has 0 radical (unpaired) electrons. The van der Waals surface area contributed by atoms with Gasteiger partial charge in [-0.25, -0.2) is 9.97 Å². The SMILES string of the molecule is Cc1cc(Nc2nccc(OCCO)n2)cc(-c2cnc([C@@]3(O)CC[C@H](C(N)=O)C(C)(C)C3)s2)c1. The molecule has 186 valence electrons. The van der Waals surface area contributed by atoms with E-state index in [2.05, 4.69) is 26.3 Å². The van der Waals surface area contributed by atoms with E-state index in [-0.39, 0.29) is 25.0 Å². The predicted octanol–water partition coefficient (Wildman–Crippen LogP) is 3.52. The average Bonchev–Trinajstić information content (AvgIpc) is 3.28. The third kappa shape index (κ3) is 5.61. The van der Waals surface area contributed by atoms with Crippen LogP contribution in [0.4, 0.5) is 11.6 Å². The van der Waals surface area contributed by atoms with Gasteiger partial charge in [-0.3, -0.25) is 4.79 Å². The van der Waals surface area contributed by atoms with Crippen molar-refractivity contribution in [3.8, 4) is 16.3 Å². The highest BCUT2D eigenvalue weighted by molar-refractivity contribution is 7.15. The molecule has 1 aliphatic carbocycles. The van der Waals surface area contributed by atoms with E-state index >= 15 is 0 Å². The Morgan fingerprint density at radius 2 is 2.11 bits per heavy atom. The maximum atomic E-state index is 11.9. The fourth-order valence-corrected chi connectivity index (χ4v) is 5.85. The van der Waals surface area contributed by atoms with Crippen molar-refractivity contribution in [2.45, 2.75) is 45.6 Å². The second-order valence-electron chi connectivity index (χ2n) is 9.72. The fraction of sp³-hybridized carbons (Fsp3) is 0.440. The Balaban J connectivity index is 1.55. The molecule has 0 spiro atoms. The van der Waals surface area contributed by atoms with Gasteiger partial charge in [0.15, 0.2) is 0 Å². The lowest BCUT2D eigenvalue weighted by atomic mass is 9.63. The topological polar surface area (TPSA) is 143 Å². The molecule has 5 N–H and O–H groups in total. The highest BCUT2D eigenvalue weighted by atomic mass is 32.1. The number of nitrogens with two attached hydrogens (primary N) is 1. The quantitative estimate of drug-likeness (QED) is 0.370. The number of thiazole rings is 1. The second-order valence-corrected chi connectivity index (χ2v) is 10.8. The summed E-state index contributed by atoms with van der Waals surface area (Å²) < 4.78 is 5.36. The van der Waals surface area contributed by atoms with Crippen LogP contribution in [-0.4, -0.2) is 44.3 Å². The number of nitrogens with zero attached hydrogens (tertiary/aromatic N) is 3. The molecule has 0 aliphatic heterocycles. The molecule has 2 atom stereocenters. The van der Waals surface area contributed by atoms with Gasteiger partial charge in [0.05, 0.1) is 11.5 Å². The molecule has 2 heterocycles. The Hall–Kier alpha value is -3.08. The molecule has 1 fully saturated rings. The Morgan fingerprint density at radius 1 is 1.31 bits per heavy atom. The Labute approximate surface area is 208 Å². The zero-order valence-corrected chi connectivity index (χ0v) is 20.9. The number of ether oxygens (including phenoxy) is 1. The van der Waals surface area contributed by atoms with Crippen LogP contribution in [0, 0.1) is 18.3 Å². The summed E-state index contributed by atoms with van der Waals surface area (Å²) >= 11 is 1.46. The lowest BCUT2D eigenvalue weighted by Gasteiger charge is -2.44. The molecule has 35 heavy (non-hydrogen) atoms. The third-order valence-electron chi connectivity index (χ3n) is 6.37. The monoisotopic (exact) mass is 497 g/mol. The number of primary amides is 1. The number of carbonyl (C=O) groups excluding carboxylic acids is 1. The molecule has 4 rings (SSSR count). The van der Waals surface area contributed by atoms with Crippen LogP contribution >= 0.6 is 11.3 Å². The standard InChI is InChI=1S/C25H31N5O4S/c1-15-10-16(12-17(11-15)29-23-27-7-5-20(30-23)34-9-8-31)19-13-28-22(35-19)25(33)6-4-18(21(26)32)24(2,3)14-25/h5,7,10-13,18,31,33H,4,6,8-9,14H2,1-3H3,(H2,26,32)(H,27,29,30)/t18-,25-/m1/s1. The first-order chi connectivity index (χ1) is 16.6. The summed E-state index contributed by atoms with van der Waals surface area (Å²) in [5.41, 5.74) is 6.89. The van der Waals surface area contributed by atoms with Crippen LogP contribution in [0.2, 0.25) is 0 Å². The smallest absolute Gasteiger partial charge is 0.230 e. The molecule has 0 saturated heterocycles. The number of rotatable bonds is 8. The van der Waals surface area contributed by atoms with Crippen molar-refractivity contribution in [1.29, 1.82) is 0 Å². The number of nitrogens with one attached hydrogen (secondary N) is 1. The van der Waals surface area contributed by atoms with Crippen LogP contribution in [-0.2, 0) is 10.4 Å². The number of hydrogen-bond acceptors (Lipinski definition) is 9. The van der Waals surface area contributed by atoms with Gasteiger partial charge in [-0.1, -0.05) is 19.9 Å². The van der Waals surface area contributed by atoms with Crippen molar-refractivity contribution >= 4 is 28.9 Å². The fourth-order valence-electron chi connectivity index (χ4n) is 4.83. The van der Waals surface area contributed by atoms with E-state index in [1.54, 1.807) is 18.5 Å². The number of aliphatic hydroxyl groups excluding tert-OH is 1. The minimum atomic E-state index is -1.09. The van der Waals surface area contributed by atoms with Gasteiger partial charge in [0, 0.05) is 30.1 Å². The predicted molar refractivity (Wildman–Crippen MR) is 134 cm³/mol. The number of aryl methyl sites for hydroxylation is 1. The molecule has 10 heteroatoms. The van der Waals surface area contributed by atoms with Gasteiger partial charge >= 0.3 is 0 Å². The van der Waals surface area contributed by atoms with Crippen LogP contribution in [0.1, 0.15) is 43.7 Å². The van der Waals surface area contributed by atoms with E-state index in [1.165, 1.54) is 11.3 Å². The molecule has 1 aliphatic rings. The summed E-state index contributed by atoms with van der Waals surface area (Å²) in [7, 11) is 0. The Bertz CT molecular complexity index is 1210. The van der Waals surface area contributed by atoms with Gasteiger partial charge in [0.25, 0.3) is 0 Å². The van der Waals surface area contributed by atoms with Gasteiger partial charge in [-0.05, 0) is 54.9 Å². The summed E-state index contributed by atoms with van der Waals surface area (Å²) in [4.78, 5) is 25.9. The van der Waals surface area contributed by atoms with Crippen LogP contribution in [0.25, 0.3) is 10.4 Å². The van der Waals surface area contributed by atoms with Gasteiger partial charge in [0.2, 0.25) is 17.7 Å². The number of benzene rings is 1. The van der Waals surface area contributed by atoms with E-state index in [0.29, 0.717) is 36.1 Å². The molecule has 1 saturated carbocycles. The van der Waals surface area contributed by atoms with Crippen molar-refractivity contribution in [1.82, 2.24) is 15.0 Å². The Kier molecular flexibility index (Phi) is 7.07. The summed E-state index contributed by atoms with van der Waals surface area (Å²) in [5.74, 6) is 0.178. The molecular formula is C25H31N5O4S. The molecule has 0 bridgehead atoms. The van der Waals surface area contributed by atoms with Crippen LogP contribution in [0.3, 0.4) is 0 Å². The number of aliphatic hydroxyl groups is 2. The third-order valence-corrected chi connectivity index (χ3v) is 7.61. The van der Waals surface area contributed by atoms with Crippen molar-refractivity contribution in [3.63, 3.8) is 0 Å². The summed E-state index contributed by atoms with van der Waals surface area (Å²) in [6, 6.07) is 7.65. The number of aromatic nitrogens is 3. The number of amides is 1. The average molecular weight is 498 g/mol. The number of hydrogen-bond donors (Lipinski definition) is 4. The molecule has 3 aromatic rings. The van der Waals surface area contributed by atoms with E-state index in [4.69, 9.17) is 15.6 Å². The molecule has 1 aromatic carbocycles. The van der Waals surface area contributed by atoms with Crippen molar-refractivity contribution < 1.29 is 19.7 Å². The van der Waals surface area contributed by atoms with E-state index in [1.807, 2.05) is 32.9 Å². The first-order valence-corrected chi connectivity index (χ1v) is 12.3. The first kappa shape index (κ1) is 25.0. The molecule has 9 nitrogen and oxygen atoms in total. The first-order valence-electron chi connectivity index (χ1n) is 11.5. The number of carbonyl (C=O) groups is 1. The minimum absolute atomic E-state index is 0.0941. The lowest BCUT2D eigenvalue weighted by Crippen LogP contribution is -2.46. The van der Waals surface area contributed by atoms with Gasteiger partial charge < -0.3 is 26.0 Å². The van der Waals surface area contributed by atoms with Crippen molar-refractivity contribution in [2.75, 3.05) is 18.5 Å². The normalized spacial score (nSPS) is 21.5. The van der Waals surface area contributed by atoms with Gasteiger partial charge in [-0.15, -0.1) is 11.3 Å². The number of anilines is 2. The molecular weight excluding hydrogens is 466 g/mol. The lowest BCUT2D eigenvalue weighted by molar-refractivity contribution is -0.134. The largest absolute Gasteiger partial charge is 0.475 e. The molecule has 2 aromatic heterocycles. The summed E-state index contributed by atoms with van der Waals surface area (Å²) in [5, 5.41) is 24.3. The maximum Gasteiger partial charge on any atom is 0.230 e. The summed E-state index contributed by atoms with van der Waals surface area (Å²) in [6.45, 7) is 6.02. The maximum absolute atomic E-state index is 11.9. The van der Waals surface area contributed by atoms with Crippen molar-refractivity contribution in [2.24, 2.45) is 17.1 Å². The zero-order valence-electron chi connectivity index (χ0n) is 20.1. The highest BCUT2D eigenvalue weighted by Crippen LogP contribution is 2.50. The molecule has 0 unspecified atom stereocenters. The van der Waals surface area contributed by atoms with Gasteiger partial charge in [0.1, 0.15) is 17.2 Å². The van der Waals surface area contributed by atoms with E-state index in [0.717, 1.165) is 21.7 Å². The van der Waals surface area contributed by atoms with Gasteiger partial charge in [-0.2, -0.15) is 4.98 Å². The van der Waals surface area contributed by atoms with Crippen molar-refractivity contribution in [3.05, 3.63) is 47.2 Å². The van der Waals surface area contributed by atoms with Crippen LogP contribution in [0.5, 0.6) is 5.88 Å². The highest BCUT2D eigenvalue weighted by Gasteiger charge is 2.48. The van der Waals surface area contributed by atoms with E-state index in [9.17, 15) is 9.90 Å². The zero-order chi connectivity index (χ0) is 25.2.